The number of hydrogen-bond acceptors (Lipinski definition) is 5. The Labute approximate surface area is 116 Å². The molecule has 106 valence electrons. The number of nitro groups is 1. The Morgan fingerprint density at radius 3 is 2.80 bits per heavy atom. The molecule has 0 saturated carbocycles. The number of hydrogen-bond donors (Lipinski definition) is 1. The van der Waals surface area contributed by atoms with E-state index in [1.807, 2.05) is 13.8 Å². The zero-order chi connectivity index (χ0) is 14.8. The summed E-state index contributed by atoms with van der Waals surface area (Å²) in [5, 5.41) is 15.1. The Bertz CT molecular complexity index is 641. The van der Waals surface area contributed by atoms with Crippen LogP contribution in [0.15, 0.2) is 30.5 Å². The largest absolute Gasteiger partial charge is 0.382 e. The van der Waals surface area contributed by atoms with Crippen molar-refractivity contribution in [3.05, 3.63) is 40.6 Å². The summed E-state index contributed by atoms with van der Waals surface area (Å²) >= 11 is 0. The smallest absolute Gasteiger partial charge is 0.301 e. The van der Waals surface area contributed by atoms with Crippen molar-refractivity contribution in [2.45, 2.75) is 19.4 Å². The van der Waals surface area contributed by atoms with Crippen LogP contribution in [0.1, 0.15) is 13.8 Å². The lowest BCUT2D eigenvalue weighted by molar-refractivity contribution is -0.382. The number of ether oxygens (including phenoxy) is 1. The number of pyridine rings is 1. The molecule has 0 aliphatic carbocycles. The van der Waals surface area contributed by atoms with Gasteiger partial charge in [0.15, 0.2) is 0 Å². The Hall–Kier alpha value is -2.21. The van der Waals surface area contributed by atoms with Gasteiger partial charge in [-0.3, -0.25) is 15.1 Å². The van der Waals surface area contributed by atoms with Gasteiger partial charge >= 0.3 is 5.69 Å². The summed E-state index contributed by atoms with van der Waals surface area (Å²) in [6.45, 7) is 4.29. The zero-order valence-electron chi connectivity index (χ0n) is 11.7. The molecule has 0 amide bonds. The molecule has 1 heterocycles. The molecule has 0 radical (unpaired) electrons. The van der Waals surface area contributed by atoms with Gasteiger partial charge in [0.1, 0.15) is 5.69 Å². The summed E-state index contributed by atoms with van der Waals surface area (Å²) in [6, 6.07) is 6.85. The number of benzene rings is 1. The SMILES string of the molecule is COCC(C)(C)Nc1ccc2ncccc2c1[N+](=O)[O-]. The van der Waals surface area contributed by atoms with Gasteiger partial charge < -0.3 is 10.1 Å². The van der Waals surface area contributed by atoms with Crippen molar-refractivity contribution >= 4 is 22.3 Å². The fourth-order valence-electron chi connectivity index (χ4n) is 2.20. The van der Waals surface area contributed by atoms with E-state index in [2.05, 4.69) is 10.3 Å². The topological polar surface area (TPSA) is 77.3 Å². The normalized spacial score (nSPS) is 11.6. The quantitative estimate of drug-likeness (QED) is 0.670. The van der Waals surface area contributed by atoms with E-state index in [0.717, 1.165) is 0 Å². The van der Waals surface area contributed by atoms with E-state index in [-0.39, 0.29) is 10.6 Å². The predicted octanol–water partition coefficient (Wildman–Crippen LogP) is 2.98. The Balaban J connectivity index is 2.53. The lowest BCUT2D eigenvalue weighted by Crippen LogP contribution is -2.36. The maximum atomic E-state index is 11.4. The fraction of sp³-hybridized carbons (Fsp3) is 0.357. The van der Waals surface area contributed by atoms with Crippen molar-refractivity contribution in [1.82, 2.24) is 4.98 Å². The molecule has 0 unspecified atom stereocenters. The summed E-state index contributed by atoms with van der Waals surface area (Å²) in [5.41, 5.74) is 0.710. The van der Waals surface area contributed by atoms with E-state index < -0.39 is 5.54 Å². The molecule has 6 heteroatoms. The number of aromatic nitrogens is 1. The number of rotatable bonds is 5. The molecule has 1 aromatic carbocycles. The van der Waals surface area contributed by atoms with E-state index >= 15 is 0 Å². The molecule has 0 aliphatic rings. The third kappa shape index (κ3) is 2.85. The summed E-state index contributed by atoms with van der Waals surface area (Å²) in [4.78, 5) is 15.1. The Morgan fingerprint density at radius 1 is 1.40 bits per heavy atom. The first kappa shape index (κ1) is 14.2. The van der Waals surface area contributed by atoms with Crippen molar-refractivity contribution in [2.24, 2.45) is 0 Å². The van der Waals surface area contributed by atoms with Crippen molar-refractivity contribution < 1.29 is 9.66 Å². The first-order valence-corrected chi connectivity index (χ1v) is 6.24. The minimum Gasteiger partial charge on any atom is -0.382 e. The molecule has 1 aromatic heterocycles. The van der Waals surface area contributed by atoms with Crippen LogP contribution in [0.2, 0.25) is 0 Å². The molecule has 1 N–H and O–H groups in total. The average Bonchev–Trinajstić information content (AvgIpc) is 2.37. The van der Waals surface area contributed by atoms with Gasteiger partial charge in [-0.05, 0) is 38.1 Å². The van der Waals surface area contributed by atoms with Crippen molar-refractivity contribution in [3.63, 3.8) is 0 Å². The number of anilines is 1. The van der Waals surface area contributed by atoms with Crippen LogP contribution in [0.4, 0.5) is 11.4 Å². The first-order chi connectivity index (χ1) is 9.44. The number of methoxy groups -OCH3 is 1. The van der Waals surface area contributed by atoms with Crippen LogP contribution in [-0.4, -0.2) is 29.2 Å². The summed E-state index contributed by atoms with van der Waals surface area (Å²) < 4.78 is 5.12. The highest BCUT2D eigenvalue weighted by Crippen LogP contribution is 2.34. The second-order valence-corrected chi connectivity index (χ2v) is 5.23. The van der Waals surface area contributed by atoms with E-state index in [1.54, 1.807) is 37.6 Å². The van der Waals surface area contributed by atoms with Gasteiger partial charge in [-0.2, -0.15) is 0 Å². The molecule has 0 fully saturated rings. The van der Waals surface area contributed by atoms with Crippen LogP contribution in [0, 0.1) is 10.1 Å². The number of nitrogens with one attached hydrogen (secondary N) is 1. The molecular formula is C14H17N3O3. The minimum absolute atomic E-state index is 0.0415. The lowest BCUT2D eigenvalue weighted by Gasteiger charge is -2.26. The number of fused-ring (bicyclic) bond motifs is 1. The molecule has 2 rings (SSSR count). The van der Waals surface area contributed by atoms with Gasteiger partial charge in [0, 0.05) is 13.3 Å². The molecule has 0 aliphatic heterocycles. The summed E-state index contributed by atoms with van der Waals surface area (Å²) in [5.74, 6) is 0. The fourth-order valence-corrected chi connectivity index (χ4v) is 2.20. The molecule has 20 heavy (non-hydrogen) atoms. The van der Waals surface area contributed by atoms with Crippen LogP contribution >= 0.6 is 0 Å². The molecular weight excluding hydrogens is 258 g/mol. The number of nitrogens with zero attached hydrogens (tertiary/aromatic N) is 2. The second kappa shape index (κ2) is 5.42. The van der Waals surface area contributed by atoms with E-state index in [9.17, 15) is 10.1 Å². The highest BCUT2D eigenvalue weighted by molar-refractivity contribution is 5.94. The van der Waals surface area contributed by atoms with Gasteiger partial charge in [-0.1, -0.05) is 0 Å². The zero-order valence-corrected chi connectivity index (χ0v) is 11.7. The molecule has 0 saturated heterocycles. The van der Waals surface area contributed by atoms with Gasteiger partial charge in [0.25, 0.3) is 0 Å². The maximum Gasteiger partial charge on any atom is 0.301 e. The van der Waals surface area contributed by atoms with Crippen LogP contribution in [0.3, 0.4) is 0 Å². The molecule has 6 nitrogen and oxygen atoms in total. The molecule has 2 aromatic rings. The van der Waals surface area contributed by atoms with Crippen molar-refractivity contribution in [2.75, 3.05) is 19.0 Å². The van der Waals surface area contributed by atoms with Crippen LogP contribution in [0.5, 0.6) is 0 Å². The van der Waals surface area contributed by atoms with Crippen molar-refractivity contribution in [1.29, 1.82) is 0 Å². The van der Waals surface area contributed by atoms with Gasteiger partial charge in [0.05, 0.1) is 28.0 Å². The molecule has 0 spiro atoms. The predicted molar refractivity (Wildman–Crippen MR) is 78.0 cm³/mol. The van der Waals surface area contributed by atoms with Gasteiger partial charge in [0.2, 0.25) is 0 Å². The summed E-state index contributed by atoms with van der Waals surface area (Å²) in [7, 11) is 1.60. The average molecular weight is 275 g/mol. The van der Waals surface area contributed by atoms with Gasteiger partial charge in [-0.15, -0.1) is 0 Å². The van der Waals surface area contributed by atoms with Crippen LogP contribution < -0.4 is 5.32 Å². The molecule has 0 bridgehead atoms. The summed E-state index contributed by atoms with van der Waals surface area (Å²) in [6.07, 6.45) is 1.62. The standard InChI is InChI=1S/C14H17N3O3/c1-14(2,9-20-3)16-12-7-6-11-10(5-4-8-15-11)13(12)17(18)19/h4-8,16H,9H2,1-3H3. The second-order valence-electron chi connectivity index (χ2n) is 5.23. The third-order valence-electron chi connectivity index (χ3n) is 2.92. The maximum absolute atomic E-state index is 11.4. The molecule has 0 atom stereocenters. The highest BCUT2D eigenvalue weighted by atomic mass is 16.6. The lowest BCUT2D eigenvalue weighted by atomic mass is 10.0. The van der Waals surface area contributed by atoms with E-state index in [4.69, 9.17) is 4.74 Å². The third-order valence-corrected chi connectivity index (χ3v) is 2.92. The van der Waals surface area contributed by atoms with Crippen LogP contribution in [-0.2, 0) is 4.74 Å². The minimum atomic E-state index is -0.407. The Morgan fingerprint density at radius 2 is 2.15 bits per heavy atom. The van der Waals surface area contributed by atoms with Gasteiger partial charge in [-0.25, -0.2) is 0 Å². The monoisotopic (exact) mass is 275 g/mol. The number of nitro benzene ring substituents is 1. The first-order valence-electron chi connectivity index (χ1n) is 6.24. The Kier molecular flexibility index (Phi) is 3.85. The van der Waals surface area contributed by atoms with Crippen molar-refractivity contribution in [3.8, 4) is 0 Å². The van der Waals surface area contributed by atoms with E-state index in [1.165, 1.54) is 0 Å². The van der Waals surface area contributed by atoms with E-state index in [0.29, 0.717) is 23.2 Å². The van der Waals surface area contributed by atoms with Crippen LogP contribution in [0.25, 0.3) is 10.9 Å². The highest BCUT2D eigenvalue weighted by Gasteiger charge is 2.24.